The molecule has 1 heterocycles. The molecule has 1 aliphatic rings. The molecule has 1 saturated carbocycles. The van der Waals surface area contributed by atoms with Crippen molar-refractivity contribution in [3.05, 3.63) is 17.8 Å². The lowest BCUT2D eigenvalue weighted by Gasteiger charge is -2.29. The van der Waals surface area contributed by atoms with Crippen LogP contribution >= 0.6 is 11.6 Å². The van der Waals surface area contributed by atoms with Crippen LogP contribution < -0.4 is 0 Å². The van der Waals surface area contributed by atoms with Gasteiger partial charge in [-0.2, -0.15) is 13.2 Å². The van der Waals surface area contributed by atoms with E-state index < -0.39 is 12.1 Å². The van der Waals surface area contributed by atoms with Gasteiger partial charge in [0.05, 0.1) is 12.1 Å². The SMILES string of the molecule is FC(F)(F)C1CCCC(c2cnc(CCCl)o2)C1. The van der Waals surface area contributed by atoms with E-state index >= 15 is 0 Å². The average Bonchev–Trinajstić information content (AvgIpc) is 2.77. The molecule has 0 amide bonds. The lowest BCUT2D eigenvalue weighted by Crippen LogP contribution is -2.27. The van der Waals surface area contributed by atoms with E-state index in [1.165, 1.54) is 0 Å². The molecule has 0 radical (unpaired) electrons. The van der Waals surface area contributed by atoms with Crippen molar-refractivity contribution in [1.82, 2.24) is 4.98 Å². The Labute approximate surface area is 109 Å². The molecule has 1 aromatic heterocycles. The molecule has 0 spiro atoms. The third-order valence-corrected chi connectivity index (χ3v) is 3.61. The molecule has 2 nitrogen and oxygen atoms in total. The van der Waals surface area contributed by atoms with Gasteiger partial charge in [0, 0.05) is 18.2 Å². The molecule has 2 unspecified atom stereocenters. The summed E-state index contributed by atoms with van der Waals surface area (Å²) >= 11 is 5.57. The molecule has 6 heteroatoms. The fourth-order valence-electron chi connectivity index (χ4n) is 2.46. The lowest BCUT2D eigenvalue weighted by molar-refractivity contribution is -0.183. The normalized spacial score (nSPS) is 25.3. The number of halogens is 4. The molecule has 18 heavy (non-hydrogen) atoms. The highest BCUT2D eigenvalue weighted by Gasteiger charge is 2.43. The van der Waals surface area contributed by atoms with Gasteiger partial charge in [0.25, 0.3) is 0 Å². The quantitative estimate of drug-likeness (QED) is 0.773. The number of aromatic nitrogens is 1. The monoisotopic (exact) mass is 281 g/mol. The van der Waals surface area contributed by atoms with Crippen molar-refractivity contribution in [3.63, 3.8) is 0 Å². The van der Waals surface area contributed by atoms with Crippen molar-refractivity contribution in [2.24, 2.45) is 5.92 Å². The Balaban J connectivity index is 2.03. The maximum Gasteiger partial charge on any atom is 0.391 e. The maximum absolute atomic E-state index is 12.7. The Kier molecular flexibility index (Phi) is 4.20. The van der Waals surface area contributed by atoms with Crippen molar-refractivity contribution in [1.29, 1.82) is 0 Å². The summed E-state index contributed by atoms with van der Waals surface area (Å²) in [5.74, 6) is 0.105. The summed E-state index contributed by atoms with van der Waals surface area (Å²) in [5.41, 5.74) is 0. The summed E-state index contributed by atoms with van der Waals surface area (Å²) in [5, 5.41) is 0. The minimum absolute atomic E-state index is 0.110. The first kappa shape index (κ1) is 13.7. The highest BCUT2D eigenvalue weighted by atomic mass is 35.5. The van der Waals surface area contributed by atoms with Crippen LogP contribution in [0.2, 0.25) is 0 Å². The van der Waals surface area contributed by atoms with Gasteiger partial charge in [-0.25, -0.2) is 4.98 Å². The second-order valence-corrected chi connectivity index (χ2v) is 5.08. The Hall–Kier alpha value is -0.710. The zero-order chi connectivity index (χ0) is 13.2. The van der Waals surface area contributed by atoms with Crippen LogP contribution in [0.3, 0.4) is 0 Å². The molecule has 0 aromatic carbocycles. The van der Waals surface area contributed by atoms with Crippen LogP contribution in [0, 0.1) is 5.92 Å². The second kappa shape index (κ2) is 5.51. The molecule has 0 bridgehead atoms. The van der Waals surface area contributed by atoms with Gasteiger partial charge in [-0.1, -0.05) is 6.42 Å². The molecule has 1 aliphatic carbocycles. The number of oxazole rings is 1. The summed E-state index contributed by atoms with van der Waals surface area (Å²) in [4.78, 5) is 4.04. The van der Waals surface area contributed by atoms with E-state index in [2.05, 4.69) is 4.98 Å². The van der Waals surface area contributed by atoms with E-state index in [9.17, 15) is 13.2 Å². The van der Waals surface area contributed by atoms with Crippen LogP contribution in [0.15, 0.2) is 10.6 Å². The molecule has 1 fully saturated rings. The molecular formula is C12H15ClF3NO. The van der Waals surface area contributed by atoms with Crippen molar-refractivity contribution < 1.29 is 17.6 Å². The Morgan fingerprint density at radius 2 is 2.17 bits per heavy atom. The molecule has 2 rings (SSSR count). The molecule has 2 atom stereocenters. The van der Waals surface area contributed by atoms with Gasteiger partial charge in [-0.3, -0.25) is 0 Å². The number of aryl methyl sites for hydroxylation is 1. The zero-order valence-electron chi connectivity index (χ0n) is 9.84. The Bertz CT molecular complexity index is 391. The van der Waals surface area contributed by atoms with E-state index in [-0.39, 0.29) is 18.8 Å². The van der Waals surface area contributed by atoms with Crippen LogP contribution in [0.5, 0.6) is 0 Å². The number of hydrogen-bond donors (Lipinski definition) is 0. The smallest absolute Gasteiger partial charge is 0.391 e. The van der Waals surface area contributed by atoms with Crippen LogP contribution in [0.25, 0.3) is 0 Å². The van der Waals surface area contributed by atoms with Crippen LogP contribution in [0.4, 0.5) is 13.2 Å². The fraction of sp³-hybridized carbons (Fsp3) is 0.750. The molecular weight excluding hydrogens is 267 g/mol. The highest BCUT2D eigenvalue weighted by Crippen LogP contribution is 2.43. The van der Waals surface area contributed by atoms with Crippen molar-refractivity contribution in [3.8, 4) is 0 Å². The topological polar surface area (TPSA) is 26.0 Å². The van der Waals surface area contributed by atoms with E-state index in [4.69, 9.17) is 16.0 Å². The van der Waals surface area contributed by atoms with Crippen molar-refractivity contribution >= 4 is 11.6 Å². The van der Waals surface area contributed by atoms with Gasteiger partial charge in [0.15, 0.2) is 5.89 Å². The molecule has 0 aliphatic heterocycles. The molecule has 0 saturated heterocycles. The predicted octanol–water partition coefficient (Wildman–Crippen LogP) is 4.29. The van der Waals surface area contributed by atoms with Crippen LogP contribution in [0.1, 0.15) is 43.3 Å². The van der Waals surface area contributed by atoms with Crippen molar-refractivity contribution in [2.45, 2.75) is 44.2 Å². The molecule has 102 valence electrons. The van der Waals surface area contributed by atoms with E-state index in [0.717, 1.165) is 6.42 Å². The van der Waals surface area contributed by atoms with E-state index in [0.29, 0.717) is 30.4 Å². The summed E-state index contributed by atoms with van der Waals surface area (Å²) < 4.78 is 43.5. The average molecular weight is 282 g/mol. The molecule has 0 N–H and O–H groups in total. The van der Waals surface area contributed by atoms with Gasteiger partial charge in [0.1, 0.15) is 5.76 Å². The number of nitrogens with zero attached hydrogens (tertiary/aromatic N) is 1. The molecule has 1 aromatic rings. The Morgan fingerprint density at radius 3 is 2.83 bits per heavy atom. The van der Waals surface area contributed by atoms with Crippen LogP contribution in [-0.2, 0) is 6.42 Å². The summed E-state index contributed by atoms with van der Waals surface area (Å²) in [6, 6.07) is 0. The summed E-state index contributed by atoms with van der Waals surface area (Å²) in [6.07, 6.45) is -0.385. The van der Waals surface area contributed by atoms with Gasteiger partial charge in [0.2, 0.25) is 0 Å². The summed E-state index contributed by atoms with van der Waals surface area (Å²) in [7, 11) is 0. The van der Waals surface area contributed by atoms with Gasteiger partial charge in [-0.15, -0.1) is 11.6 Å². The predicted molar refractivity (Wildman–Crippen MR) is 61.7 cm³/mol. The van der Waals surface area contributed by atoms with E-state index in [1.807, 2.05) is 0 Å². The number of alkyl halides is 4. The standard InChI is InChI=1S/C12H15ClF3NO/c13-5-4-11-17-7-10(18-11)8-2-1-3-9(6-8)12(14,15)16/h7-9H,1-6H2. The van der Waals surface area contributed by atoms with Crippen LogP contribution in [-0.4, -0.2) is 17.0 Å². The zero-order valence-corrected chi connectivity index (χ0v) is 10.6. The lowest BCUT2D eigenvalue weighted by atomic mass is 9.80. The highest BCUT2D eigenvalue weighted by molar-refractivity contribution is 6.17. The summed E-state index contributed by atoms with van der Waals surface area (Å²) in [6.45, 7) is 0. The Morgan fingerprint density at radius 1 is 1.39 bits per heavy atom. The minimum atomic E-state index is -4.10. The first-order valence-electron chi connectivity index (χ1n) is 6.08. The first-order chi connectivity index (χ1) is 8.50. The second-order valence-electron chi connectivity index (χ2n) is 4.70. The maximum atomic E-state index is 12.7. The number of rotatable bonds is 3. The van der Waals surface area contributed by atoms with Gasteiger partial charge >= 0.3 is 6.18 Å². The third kappa shape index (κ3) is 3.19. The van der Waals surface area contributed by atoms with Gasteiger partial charge < -0.3 is 4.42 Å². The minimum Gasteiger partial charge on any atom is -0.445 e. The van der Waals surface area contributed by atoms with E-state index in [1.54, 1.807) is 6.20 Å². The fourth-order valence-corrected chi connectivity index (χ4v) is 2.62. The number of hydrogen-bond acceptors (Lipinski definition) is 2. The first-order valence-corrected chi connectivity index (χ1v) is 6.61. The van der Waals surface area contributed by atoms with Gasteiger partial charge in [-0.05, 0) is 19.3 Å². The largest absolute Gasteiger partial charge is 0.445 e. The third-order valence-electron chi connectivity index (χ3n) is 3.42. The van der Waals surface area contributed by atoms with Crippen molar-refractivity contribution in [2.75, 3.05) is 5.88 Å².